The molecule has 4 rings (SSSR count). The van der Waals surface area contributed by atoms with E-state index in [0.29, 0.717) is 6.54 Å². The second-order valence-corrected chi connectivity index (χ2v) is 8.53. The zero-order chi connectivity index (χ0) is 17.9. The van der Waals surface area contributed by atoms with Crippen molar-refractivity contribution in [2.24, 2.45) is 0 Å². The standard InChI is InChI=1S/C18H21N5OS2/c1-13-20-14(12-25-13)11-22-6-8-23(9-7-22)18(24)19-10-17-21-15-4-2-3-5-16(15)26-17/h2-5,12H,6-11H2,1H3,(H,19,24). The average Bonchev–Trinajstić information content (AvgIpc) is 3.25. The number of carbonyl (C=O) groups excluding carboxylic acids is 1. The smallest absolute Gasteiger partial charge is 0.317 e. The van der Waals surface area contributed by atoms with Gasteiger partial charge in [-0.3, -0.25) is 4.90 Å². The van der Waals surface area contributed by atoms with Crippen molar-refractivity contribution >= 4 is 38.9 Å². The van der Waals surface area contributed by atoms with E-state index in [-0.39, 0.29) is 6.03 Å². The first-order valence-corrected chi connectivity index (χ1v) is 10.4. The third-order valence-corrected chi connectivity index (χ3v) is 6.30. The number of hydrogen-bond acceptors (Lipinski definition) is 6. The van der Waals surface area contributed by atoms with Gasteiger partial charge in [-0.1, -0.05) is 12.1 Å². The molecule has 1 aromatic carbocycles. The maximum absolute atomic E-state index is 12.4. The number of fused-ring (bicyclic) bond motifs is 1. The van der Waals surface area contributed by atoms with Crippen molar-refractivity contribution in [2.75, 3.05) is 26.2 Å². The molecule has 3 aromatic rings. The second kappa shape index (κ2) is 7.69. The lowest BCUT2D eigenvalue weighted by atomic mass is 10.3. The Morgan fingerprint density at radius 1 is 1.19 bits per heavy atom. The van der Waals surface area contributed by atoms with Crippen molar-refractivity contribution in [2.45, 2.75) is 20.0 Å². The molecule has 6 nitrogen and oxygen atoms in total. The minimum Gasteiger partial charge on any atom is -0.331 e. The van der Waals surface area contributed by atoms with Gasteiger partial charge in [-0.25, -0.2) is 14.8 Å². The number of amides is 2. The van der Waals surface area contributed by atoms with Gasteiger partial charge in [0, 0.05) is 38.1 Å². The van der Waals surface area contributed by atoms with Gasteiger partial charge in [-0.2, -0.15) is 0 Å². The fourth-order valence-electron chi connectivity index (χ4n) is 3.08. The maximum Gasteiger partial charge on any atom is 0.317 e. The van der Waals surface area contributed by atoms with E-state index in [1.807, 2.05) is 30.0 Å². The number of carbonyl (C=O) groups is 1. The minimum atomic E-state index is -0.00610. The molecule has 2 aromatic heterocycles. The molecule has 136 valence electrons. The van der Waals surface area contributed by atoms with E-state index >= 15 is 0 Å². The number of urea groups is 1. The van der Waals surface area contributed by atoms with Gasteiger partial charge in [0.05, 0.1) is 27.5 Å². The number of nitrogens with zero attached hydrogens (tertiary/aromatic N) is 4. The molecule has 8 heteroatoms. The zero-order valence-corrected chi connectivity index (χ0v) is 16.3. The van der Waals surface area contributed by atoms with Crippen LogP contribution in [0, 0.1) is 6.92 Å². The Hall–Kier alpha value is -2.03. The molecular formula is C18H21N5OS2. The lowest BCUT2D eigenvalue weighted by Crippen LogP contribution is -2.51. The molecule has 0 saturated carbocycles. The van der Waals surface area contributed by atoms with Crippen LogP contribution < -0.4 is 5.32 Å². The van der Waals surface area contributed by atoms with Crippen LogP contribution in [0.5, 0.6) is 0 Å². The maximum atomic E-state index is 12.4. The Kier molecular flexibility index (Phi) is 5.14. The van der Waals surface area contributed by atoms with Crippen molar-refractivity contribution in [1.29, 1.82) is 0 Å². The van der Waals surface area contributed by atoms with E-state index in [4.69, 9.17) is 0 Å². The summed E-state index contributed by atoms with van der Waals surface area (Å²) in [7, 11) is 0. The van der Waals surface area contributed by atoms with Crippen LogP contribution in [0.25, 0.3) is 10.2 Å². The highest BCUT2D eigenvalue weighted by atomic mass is 32.1. The van der Waals surface area contributed by atoms with Gasteiger partial charge in [0.15, 0.2) is 0 Å². The molecule has 1 saturated heterocycles. The van der Waals surface area contributed by atoms with Crippen LogP contribution in [-0.2, 0) is 13.1 Å². The fraction of sp³-hybridized carbons (Fsp3) is 0.389. The summed E-state index contributed by atoms with van der Waals surface area (Å²) in [6, 6.07) is 8.04. The summed E-state index contributed by atoms with van der Waals surface area (Å²) in [6.45, 7) is 6.63. The van der Waals surface area contributed by atoms with Crippen molar-refractivity contribution in [3.05, 3.63) is 45.4 Å². The van der Waals surface area contributed by atoms with Crippen LogP contribution >= 0.6 is 22.7 Å². The summed E-state index contributed by atoms with van der Waals surface area (Å²) in [5.74, 6) is 0. The van der Waals surface area contributed by atoms with Gasteiger partial charge in [0.1, 0.15) is 5.01 Å². The van der Waals surface area contributed by atoms with E-state index in [2.05, 4.69) is 31.6 Å². The third kappa shape index (κ3) is 4.03. The Balaban J connectivity index is 1.25. The highest BCUT2D eigenvalue weighted by molar-refractivity contribution is 7.18. The van der Waals surface area contributed by atoms with E-state index in [0.717, 1.165) is 58.6 Å². The van der Waals surface area contributed by atoms with Gasteiger partial charge >= 0.3 is 6.03 Å². The Morgan fingerprint density at radius 2 is 2.00 bits per heavy atom. The molecule has 26 heavy (non-hydrogen) atoms. The number of aromatic nitrogens is 2. The quantitative estimate of drug-likeness (QED) is 0.747. The Labute approximate surface area is 160 Å². The number of thiazole rings is 2. The third-order valence-electron chi connectivity index (χ3n) is 4.44. The van der Waals surface area contributed by atoms with Gasteiger partial charge in [0.25, 0.3) is 0 Å². The number of aryl methyl sites for hydroxylation is 1. The van der Waals surface area contributed by atoms with E-state index < -0.39 is 0 Å². The van der Waals surface area contributed by atoms with Crippen molar-refractivity contribution in [1.82, 2.24) is 25.1 Å². The van der Waals surface area contributed by atoms with E-state index in [9.17, 15) is 4.79 Å². The molecule has 0 radical (unpaired) electrons. The molecular weight excluding hydrogens is 366 g/mol. The summed E-state index contributed by atoms with van der Waals surface area (Å²) >= 11 is 3.32. The Morgan fingerprint density at radius 3 is 2.73 bits per heavy atom. The van der Waals surface area contributed by atoms with Crippen LogP contribution in [0.15, 0.2) is 29.6 Å². The predicted octanol–water partition coefficient (Wildman–Crippen LogP) is 3.09. The lowest BCUT2D eigenvalue weighted by Gasteiger charge is -2.34. The molecule has 1 fully saturated rings. The van der Waals surface area contributed by atoms with Gasteiger partial charge in [-0.05, 0) is 19.1 Å². The van der Waals surface area contributed by atoms with Crippen molar-refractivity contribution < 1.29 is 4.79 Å². The molecule has 3 heterocycles. The summed E-state index contributed by atoms with van der Waals surface area (Å²) in [5, 5.41) is 7.17. The predicted molar refractivity (Wildman–Crippen MR) is 106 cm³/mol. The first-order chi connectivity index (χ1) is 12.7. The van der Waals surface area contributed by atoms with Crippen LogP contribution in [0.4, 0.5) is 4.79 Å². The number of piperazine rings is 1. The summed E-state index contributed by atoms with van der Waals surface area (Å²) in [6.07, 6.45) is 0. The molecule has 0 spiro atoms. The number of rotatable bonds is 4. The molecule has 1 N–H and O–H groups in total. The van der Waals surface area contributed by atoms with Crippen molar-refractivity contribution in [3.8, 4) is 0 Å². The summed E-state index contributed by atoms with van der Waals surface area (Å²) < 4.78 is 1.16. The monoisotopic (exact) mass is 387 g/mol. The van der Waals surface area contributed by atoms with E-state index in [1.165, 1.54) is 0 Å². The summed E-state index contributed by atoms with van der Waals surface area (Å²) in [5.41, 5.74) is 2.12. The number of nitrogens with one attached hydrogen (secondary N) is 1. The van der Waals surface area contributed by atoms with Gasteiger partial charge in [-0.15, -0.1) is 22.7 Å². The largest absolute Gasteiger partial charge is 0.331 e. The minimum absolute atomic E-state index is 0.00610. The number of hydrogen-bond donors (Lipinski definition) is 1. The van der Waals surface area contributed by atoms with Crippen LogP contribution in [0.2, 0.25) is 0 Å². The topological polar surface area (TPSA) is 61.4 Å². The fourth-order valence-corrected chi connectivity index (χ4v) is 4.59. The highest BCUT2D eigenvalue weighted by Crippen LogP contribution is 2.21. The van der Waals surface area contributed by atoms with Gasteiger partial charge in [0.2, 0.25) is 0 Å². The number of para-hydroxylation sites is 1. The SMILES string of the molecule is Cc1nc(CN2CCN(C(=O)NCc3nc4ccccc4s3)CC2)cs1. The highest BCUT2D eigenvalue weighted by Gasteiger charge is 2.21. The summed E-state index contributed by atoms with van der Waals surface area (Å²) in [4.78, 5) is 25.7. The molecule has 0 atom stereocenters. The lowest BCUT2D eigenvalue weighted by molar-refractivity contribution is 0.134. The first-order valence-electron chi connectivity index (χ1n) is 8.68. The molecule has 1 aliphatic rings. The van der Waals surface area contributed by atoms with Crippen LogP contribution in [0.1, 0.15) is 15.7 Å². The van der Waals surface area contributed by atoms with Crippen LogP contribution in [0.3, 0.4) is 0 Å². The molecule has 2 amide bonds. The molecule has 1 aliphatic heterocycles. The number of benzene rings is 1. The second-order valence-electron chi connectivity index (χ2n) is 6.36. The molecule has 0 unspecified atom stereocenters. The normalized spacial score (nSPS) is 15.5. The first kappa shape index (κ1) is 17.4. The zero-order valence-electron chi connectivity index (χ0n) is 14.6. The van der Waals surface area contributed by atoms with Crippen molar-refractivity contribution in [3.63, 3.8) is 0 Å². The molecule has 0 bridgehead atoms. The average molecular weight is 388 g/mol. The Bertz CT molecular complexity index is 865. The van der Waals surface area contributed by atoms with Gasteiger partial charge < -0.3 is 10.2 Å². The van der Waals surface area contributed by atoms with E-state index in [1.54, 1.807) is 22.7 Å². The molecule has 0 aliphatic carbocycles. The van der Waals surface area contributed by atoms with Crippen LogP contribution in [-0.4, -0.2) is 52.0 Å².